The van der Waals surface area contributed by atoms with E-state index in [1.54, 1.807) is 13.0 Å². The molecule has 0 aromatic rings. The Kier molecular flexibility index (Phi) is 4.06. The molecule has 0 saturated carbocycles. The lowest BCUT2D eigenvalue weighted by Gasteiger charge is -2.01. The molecule has 1 N–H and O–H groups in total. The summed E-state index contributed by atoms with van der Waals surface area (Å²) in [5, 5.41) is 8.82. The molecular formula is C8H14O. The van der Waals surface area contributed by atoms with E-state index in [1.165, 1.54) is 0 Å². The van der Waals surface area contributed by atoms with Crippen LogP contribution in [0.5, 0.6) is 0 Å². The maximum Gasteiger partial charge on any atom is 0.0515 e. The number of hydrogen-bond donors (Lipinski definition) is 1. The first-order chi connectivity index (χ1) is 4.16. The fraction of sp³-hybridized carbons (Fsp3) is 0.500. The van der Waals surface area contributed by atoms with Crippen molar-refractivity contribution in [1.29, 1.82) is 0 Å². The molecule has 0 spiro atoms. The normalized spacial score (nSPS) is 12.7. The van der Waals surface area contributed by atoms with Gasteiger partial charge in [0.2, 0.25) is 0 Å². The van der Waals surface area contributed by atoms with E-state index in [0.29, 0.717) is 0 Å². The topological polar surface area (TPSA) is 20.2 Å². The second-order valence-electron chi connectivity index (χ2n) is 2.25. The third-order valence-electron chi connectivity index (χ3n) is 1.17. The summed E-state index contributed by atoms with van der Waals surface area (Å²) in [6.07, 6.45) is 3.13. The summed E-state index contributed by atoms with van der Waals surface area (Å²) >= 11 is 0. The smallest absolute Gasteiger partial charge is 0.0515 e. The van der Waals surface area contributed by atoms with Crippen molar-refractivity contribution in [3.63, 3.8) is 0 Å². The van der Waals surface area contributed by atoms with Crippen LogP contribution in [0.4, 0.5) is 0 Å². The van der Waals surface area contributed by atoms with E-state index in [2.05, 4.69) is 13.2 Å². The molecule has 52 valence electrons. The molecule has 1 nitrogen and oxygen atoms in total. The van der Waals surface area contributed by atoms with Gasteiger partial charge in [-0.05, 0) is 19.8 Å². The van der Waals surface area contributed by atoms with Gasteiger partial charge in [-0.3, -0.25) is 0 Å². The van der Waals surface area contributed by atoms with E-state index in [1.807, 2.05) is 0 Å². The Hall–Kier alpha value is -0.560. The Balaban J connectivity index is 3.27. The van der Waals surface area contributed by atoms with E-state index < -0.39 is 0 Å². The quantitative estimate of drug-likeness (QED) is 0.570. The molecule has 1 atom stereocenters. The van der Waals surface area contributed by atoms with Gasteiger partial charge < -0.3 is 5.11 Å². The molecule has 0 unspecified atom stereocenters. The zero-order valence-electron chi connectivity index (χ0n) is 5.93. The van der Waals surface area contributed by atoms with Gasteiger partial charge in [-0.1, -0.05) is 24.8 Å². The molecule has 0 aliphatic heterocycles. The Morgan fingerprint density at radius 2 is 2.33 bits per heavy atom. The Morgan fingerprint density at radius 1 is 1.78 bits per heavy atom. The minimum absolute atomic E-state index is 0.221. The summed E-state index contributed by atoms with van der Waals surface area (Å²) < 4.78 is 0. The van der Waals surface area contributed by atoms with Crippen molar-refractivity contribution in [2.75, 3.05) is 0 Å². The zero-order chi connectivity index (χ0) is 7.28. The first-order valence-electron chi connectivity index (χ1n) is 3.15. The summed E-state index contributed by atoms with van der Waals surface area (Å²) in [6.45, 7) is 9.05. The molecular weight excluding hydrogens is 112 g/mol. The van der Waals surface area contributed by atoms with Gasteiger partial charge in [0.15, 0.2) is 0 Å². The molecule has 1 heteroatoms. The molecule has 0 aromatic heterocycles. The van der Waals surface area contributed by atoms with Gasteiger partial charge in [0.1, 0.15) is 0 Å². The average Bonchev–Trinajstić information content (AvgIpc) is 1.83. The zero-order valence-corrected chi connectivity index (χ0v) is 5.93. The Labute approximate surface area is 56.7 Å². The number of rotatable bonds is 4. The monoisotopic (exact) mass is 126 g/mol. The van der Waals surface area contributed by atoms with Crippen LogP contribution in [0.25, 0.3) is 0 Å². The van der Waals surface area contributed by atoms with E-state index in [9.17, 15) is 0 Å². The molecule has 0 radical (unpaired) electrons. The Morgan fingerprint density at radius 3 is 2.67 bits per heavy atom. The molecule has 0 amide bonds. The first kappa shape index (κ1) is 8.44. The summed E-state index contributed by atoms with van der Waals surface area (Å²) in [7, 11) is 0. The lowest BCUT2D eigenvalue weighted by Crippen LogP contribution is -1.98. The van der Waals surface area contributed by atoms with Crippen LogP contribution in [0.15, 0.2) is 24.8 Å². The second-order valence-corrected chi connectivity index (χ2v) is 2.25. The fourth-order valence-electron chi connectivity index (χ4n) is 0.496. The molecule has 0 fully saturated rings. The van der Waals surface area contributed by atoms with Gasteiger partial charge in [0, 0.05) is 0 Å². The predicted molar refractivity (Wildman–Crippen MR) is 40.3 cm³/mol. The van der Waals surface area contributed by atoms with E-state index >= 15 is 0 Å². The SMILES string of the molecule is C=CC(=C)CC[C@H](C)O. The van der Waals surface area contributed by atoms with E-state index in [-0.39, 0.29) is 6.10 Å². The minimum atomic E-state index is -0.221. The van der Waals surface area contributed by atoms with Crippen LogP contribution < -0.4 is 0 Å². The summed E-state index contributed by atoms with van der Waals surface area (Å²) in [5.74, 6) is 0. The van der Waals surface area contributed by atoms with Gasteiger partial charge >= 0.3 is 0 Å². The summed E-state index contributed by atoms with van der Waals surface area (Å²) in [6, 6.07) is 0. The van der Waals surface area contributed by atoms with E-state index in [4.69, 9.17) is 5.11 Å². The number of hydrogen-bond acceptors (Lipinski definition) is 1. The van der Waals surface area contributed by atoms with Crippen LogP contribution in [0, 0.1) is 0 Å². The highest BCUT2D eigenvalue weighted by atomic mass is 16.3. The van der Waals surface area contributed by atoms with Crippen LogP contribution in [0.2, 0.25) is 0 Å². The number of aliphatic hydroxyl groups excluding tert-OH is 1. The molecule has 0 aliphatic carbocycles. The van der Waals surface area contributed by atoms with Crippen LogP contribution in [-0.4, -0.2) is 11.2 Å². The van der Waals surface area contributed by atoms with Crippen molar-refractivity contribution in [1.82, 2.24) is 0 Å². The Bertz CT molecular complexity index is 103. The summed E-state index contributed by atoms with van der Waals surface area (Å²) in [4.78, 5) is 0. The fourth-order valence-corrected chi connectivity index (χ4v) is 0.496. The molecule has 9 heavy (non-hydrogen) atoms. The maximum atomic E-state index is 8.82. The van der Waals surface area contributed by atoms with Gasteiger partial charge in [-0.25, -0.2) is 0 Å². The van der Waals surface area contributed by atoms with Crippen molar-refractivity contribution < 1.29 is 5.11 Å². The minimum Gasteiger partial charge on any atom is -0.393 e. The van der Waals surface area contributed by atoms with Crippen LogP contribution in [-0.2, 0) is 0 Å². The highest BCUT2D eigenvalue weighted by Crippen LogP contribution is 2.04. The lowest BCUT2D eigenvalue weighted by atomic mass is 10.1. The predicted octanol–water partition coefficient (Wildman–Crippen LogP) is 1.89. The molecule has 0 saturated heterocycles. The van der Waals surface area contributed by atoms with Crippen molar-refractivity contribution in [3.8, 4) is 0 Å². The summed E-state index contributed by atoms with van der Waals surface area (Å²) in [5.41, 5.74) is 0.996. The van der Waals surface area contributed by atoms with Crippen molar-refractivity contribution >= 4 is 0 Å². The highest BCUT2D eigenvalue weighted by Gasteiger charge is 1.94. The van der Waals surface area contributed by atoms with Crippen molar-refractivity contribution in [3.05, 3.63) is 24.8 Å². The van der Waals surface area contributed by atoms with Gasteiger partial charge in [0.25, 0.3) is 0 Å². The molecule has 0 aliphatic rings. The molecule has 0 bridgehead atoms. The van der Waals surface area contributed by atoms with Crippen LogP contribution in [0.3, 0.4) is 0 Å². The first-order valence-corrected chi connectivity index (χ1v) is 3.15. The van der Waals surface area contributed by atoms with Crippen molar-refractivity contribution in [2.24, 2.45) is 0 Å². The number of aliphatic hydroxyl groups is 1. The van der Waals surface area contributed by atoms with E-state index in [0.717, 1.165) is 18.4 Å². The third-order valence-corrected chi connectivity index (χ3v) is 1.17. The largest absolute Gasteiger partial charge is 0.393 e. The molecule has 0 rings (SSSR count). The standard InChI is InChI=1S/C8H14O/c1-4-7(2)5-6-8(3)9/h4,8-9H,1-2,5-6H2,3H3/t8-/m0/s1. The average molecular weight is 126 g/mol. The maximum absolute atomic E-state index is 8.82. The number of allylic oxidation sites excluding steroid dienone is 2. The van der Waals surface area contributed by atoms with Crippen LogP contribution >= 0.6 is 0 Å². The third kappa shape index (κ3) is 5.31. The van der Waals surface area contributed by atoms with Gasteiger partial charge in [-0.15, -0.1) is 0 Å². The molecule has 0 aromatic carbocycles. The molecule has 0 heterocycles. The highest BCUT2D eigenvalue weighted by molar-refractivity contribution is 5.10. The van der Waals surface area contributed by atoms with Gasteiger partial charge in [0.05, 0.1) is 6.10 Å². The lowest BCUT2D eigenvalue weighted by molar-refractivity contribution is 0.185. The second kappa shape index (κ2) is 4.33. The van der Waals surface area contributed by atoms with Gasteiger partial charge in [-0.2, -0.15) is 0 Å². The van der Waals surface area contributed by atoms with Crippen LogP contribution in [0.1, 0.15) is 19.8 Å². The van der Waals surface area contributed by atoms with Crippen molar-refractivity contribution in [2.45, 2.75) is 25.9 Å².